The molecule has 10 nitrogen and oxygen atoms in total. The minimum atomic E-state index is -2.96. The van der Waals surface area contributed by atoms with E-state index in [2.05, 4.69) is 22.5 Å². The number of primary amides is 1. The number of carbonyl (C=O) groups excluding carboxylic acids is 5. The summed E-state index contributed by atoms with van der Waals surface area (Å²) in [5.74, 6) is -4.24. The summed E-state index contributed by atoms with van der Waals surface area (Å²) in [7, 11) is 0. The minimum Gasteiger partial charge on any atom is -0.352 e. The molecular weight excluding hydrogens is 464 g/mol. The molecule has 1 aliphatic carbocycles. The Bertz CT molecular complexity index is 867. The SMILES string of the molecule is C=CCNC(=O)C(=O)[C@H](CC(F)F)NC(=O)[C@@H]1[C@H]2CCC[C@H]2CN1C(=O)C(C)(NC(N)=O)C(C)C. The van der Waals surface area contributed by atoms with E-state index in [0.717, 1.165) is 12.8 Å². The second kappa shape index (κ2) is 11.6. The summed E-state index contributed by atoms with van der Waals surface area (Å²) in [5, 5.41) is 7.01. The van der Waals surface area contributed by atoms with Gasteiger partial charge in [0.1, 0.15) is 17.6 Å². The largest absolute Gasteiger partial charge is 0.352 e. The Labute approximate surface area is 203 Å². The third-order valence-electron chi connectivity index (χ3n) is 7.08. The summed E-state index contributed by atoms with van der Waals surface area (Å²) in [6, 6.07) is -3.69. The molecule has 0 spiro atoms. The van der Waals surface area contributed by atoms with Crippen molar-refractivity contribution in [3.63, 3.8) is 0 Å². The van der Waals surface area contributed by atoms with E-state index in [1.54, 1.807) is 13.8 Å². The van der Waals surface area contributed by atoms with Crippen LogP contribution in [0.4, 0.5) is 13.6 Å². The lowest BCUT2D eigenvalue weighted by molar-refractivity contribution is -0.146. The van der Waals surface area contributed by atoms with Gasteiger partial charge in [-0.15, -0.1) is 6.58 Å². The molecule has 5 atom stereocenters. The number of likely N-dealkylation sites (tertiary alicyclic amines) is 1. The van der Waals surface area contributed by atoms with Gasteiger partial charge in [0, 0.05) is 19.5 Å². The van der Waals surface area contributed by atoms with Crippen molar-refractivity contribution in [2.24, 2.45) is 23.5 Å². The van der Waals surface area contributed by atoms with Crippen molar-refractivity contribution in [2.75, 3.05) is 13.1 Å². The van der Waals surface area contributed by atoms with Gasteiger partial charge < -0.3 is 26.6 Å². The van der Waals surface area contributed by atoms with Crippen molar-refractivity contribution >= 4 is 29.5 Å². The van der Waals surface area contributed by atoms with E-state index in [9.17, 15) is 32.8 Å². The molecule has 1 unspecified atom stereocenters. The highest BCUT2D eigenvalue weighted by Gasteiger charge is 2.53. The first-order valence-electron chi connectivity index (χ1n) is 11.7. The molecular formula is C23H35F2N5O5. The van der Waals surface area contributed by atoms with Gasteiger partial charge in [-0.25, -0.2) is 13.6 Å². The molecule has 35 heavy (non-hydrogen) atoms. The Morgan fingerprint density at radius 1 is 1.20 bits per heavy atom. The molecule has 1 saturated carbocycles. The third kappa shape index (κ3) is 6.34. The molecule has 1 aliphatic heterocycles. The Morgan fingerprint density at radius 2 is 1.86 bits per heavy atom. The summed E-state index contributed by atoms with van der Waals surface area (Å²) >= 11 is 0. The number of alkyl halides is 2. The summed E-state index contributed by atoms with van der Waals surface area (Å²) in [4.78, 5) is 64.6. The molecule has 0 aromatic carbocycles. The fourth-order valence-corrected chi connectivity index (χ4v) is 4.93. The van der Waals surface area contributed by atoms with Gasteiger partial charge >= 0.3 is 6.03 Å². The van der Waals surface area contributed by atoms with Crippen LogP contribution in [0.1, 0.15) is 46.5 Å². The van der Waals surface area contributed by atoms with E-state index < -0.39 is 60.0 Å². The van der Waals surface area contributed by atoms with Crippen LogP contribution in [0.25, 0.3) is 0 Å². The fourth-order valence-electron chi connectivity index (χ4n) is 4.93. The predicted octanol–water partition coefficient (Wildman–Crippen LogP) is 0.708. The van der Waals surface area contributed by atoms with E-state index in [-0.39, 0.29) is 30.8 Å². The topological polar surface area (TPSA) is 151 Å². The predicted molar refractivity (Wildman–Crippen MR) is 123 cm³/mol. The number of Topliss-reactive ketones (excluding diaryl/α,β-unsaturated/α-hetero) is 1. The van der Waals surface area contributed by atoms with Gasteiger partial charge in [-0.3, -0.25) is 19.2 Å². The Hall–Kier alpha value is -3.05. The molecule has 2 aliphatic rings. The van der Waals surface area contributed by atoms with Crippen LogP contribution in [-0.2, 0) is 19.2 Å². The molecule has 1 saturated heterocycles. The number of nitrogens with two attached hydrogens (primary N) is 1. The average Bonchev–Trinajstić information content (AvgIpc) is 3.35. The number of ketones is 1. The molecule has 12 heteroatoms. The second-order valence-electron chi connectivity index (χ2n) is 9.65. The zero-order chi connectivity index (χ0) is 26.5. The quantitative estimate of drug-likeness (QED) is 0.244. The summed E-state index contributed by atoms with van der Waals surface area (Å²) in [5.41, 5.74) is 3.88. The molecule has 5 amide bonds. The van der Waals surface area contributed by atoms with Crippen molar-refractivity contribution in [1.82, 2.24) is 20.9 Å². The van der Waals surface area contributed by atoms with E-state index in [1.165, 1.54) is 17.9 Å². The molecule has 196 valence electrons. The zero-order valence-corrected chi connectivity index (χ0v) is 20.3. The Morgan fingerprint density at radius 3 is 2.40 bits per heavy atom. The Kier molecular flexibility index (Phi) is 9.33. The minimum absolute atomic E-state index is 0.0137. The van der Waals surface area contributed by atoms with Crippen LogP contribution in [0.5, 0.6) is 0 Å². The Balaban J connectivity index is 2.33. The molecule has 0 aromatic rings. The molecule has 2 rings (SSSR count). The molecule has 0 radical (unpaired) electrons. The van der Waals surface area contributed by atoms with Gasteiger partial charge in [-0.2, -0.15) is 0 Å². The summed E-state index contributed by atoms with van der Waals surface area (Å²) in [6.07, 6.45) is -0.426. The van der Waals surface area contributed by atoms with E-state index in [1.807, 2.05) is 0 Å². The van der Waals surface area contributed by atoms with E-state index >= 15 is 0 Å². The van der Waals surface area contributed by atoms with Crippen LogP contribution in [0.2, 0.25) is 0 Å². The van der Waals surface area contributed by atoms with Gasteiger partial charge in [0.2, 0.25) is 24.0 Å². The van der Waals surface area contributed by atoms with Crippen molar-refractivity contribution < 1.29 is 32.8 Å². The molecule has 0 aromatic heterocycles. The normalized spacial score (nSPS) is 23.9. The van der Waals surface area contributed by atoms with Gasteiger partial charge in [0.25, 0.3) is 5.91 Å². The number of carbonyl (C=O) groups is 5. The van der Waals surface area contributed by atoms with Crippen LogP contribution < -0.4 is 21.7 Å². The first-order chi connectivity index (χ1) is 16.3. The average molecular weight is 500 g/mol. The zero-order valence-electron chi connectivity index (χ0n) is 20.3. The number of rotatable bonds is 11. The monoisotopic (exact) mass is 499 g/mol. The molecule has 1 heterocycles. The van der Waals surface area contributed by atoms with Crippen molar-refractivity contribution in [2.45, 2.75) is 70.5 Å². The van der Waals surface area contributed by atoms with Crippen LogP contribution in [0, 0.1) is 17.8 Å². The lowest BCUT2D eigenvalue weighted by Gasteiger charge is -2.39. The number of fused-ring (bicyclic) bond motifs is 1. The number of amides is 5. The van der Waals surface area contributed by atoms with Crippen LogP contribution in [0.15, 0.2) is 12.7 Å². The number of nitrogens with one attached hydrogen (secondary N) is 3. The smallest absolute Gasteiger partial charge is 0.313 e. The first kappa shape index (κ1) is 28.2. The molecule has 0 bridgehead atoms. The third-order valence-corrected chi connectivity index (χ3v) is 7.08. The van der Waals surface area contributed by atoms with Crippen LogP contribution >= 0.6 is 0 Å². The number of nitrogens with zero attached hydrogens (tertiary/aromatic N) is 1. The number of hydrogen-bond acceptors (Lipinski definition) is 5. The highest BCUT2D eigenvalue weighted by atomic mass is 19.3. The maximum absolute atomic E-state index is 13.6. The number of urea groups is 1. The first-order valence-corrected chi connectivity index (χ1v) is 11.7. The van der Waals surface area contributed by atoms with Gasteiger partial charge in [-0.1, -0.05) is 26.3 Å². The van der Waals surface area contributed by atoms with Crippen molar-refractivity contribution in [1.29, 1.82) is 0 Å². The van der Waals surface area contributed by atoms with Crippen LogP contribution in [-0.4, -0.2) is 71.6 Å². The maximum atomic E-state index is 13.6. The van der Waals surface area contributed by atoms with Crippen molar-refractivity contribution in [3.05, 3.63) is 12.7 Å². The molecule has 5 N–H and O–H groups in total. The highest BCUT2D eigenvalue weighted by molar-refractivity contribution is 6.38. The van der Waals surface area contributed by atoms with Gasteiger partial charge in [0.05, 0.1) is 0 Å². The summed E-state index contributed by atoms with van der Waals surface area (Å²) in [6.45, 7) is 8.56. The van der Waals surface area contributed by atoms with Crippen molar-refractivity contribution in [3.8, 4) is 0 Å². The van der Waals surface area contributed by atoms with E-state index in [4.69, 9.17) is 5.73 Å². The molecule has 2 fully saturated rings. The lowest BCUT2D eigenvalue weighted by Crippen LogP contribution is -2.64. The number of halogens is 2. The van der Waals surface area contributed by atoms with Gasteiger partial charge in [0.15, 0.2) is 0 Å². The fraction of sp³-hybridized carbons (Fsp3) is 0.696. The second-order valence-corrected chi connectivity index (χ2v) is 9.65. The number of hydrogen-bond donors (Lipinski definition) is 4. The summed E-state index contributed by atoms with van der Waals surface area (Å²) < 4.78 is 26.4. The maximum Gasteiger partial charge on any atom is 0.313 e. The highest BCUT2D eigenvalue weighted by Crippen LogP contribution is 2.43. The van der Waals surface area contributed by atoms with Crippen LogP contribution in [0.3, 0.4) is 0 Å². The lowest BCUT2D eigenvalue weighted by atomic mass is 9.86. The van der Waals surface area contributed by atoms with Gasteiger partial charge in [-0.05, 0) is 37.5 Å². The standard InChI is InChI=1S/C23H35F2N5O5/c1-5-9-27-20(33)18(31)15(10-16(24)25)28-19(32)17-14-8-6-7-13(14)11-30(17)21(34)23(4,12(2)3)29-22(26)35/h5,12-17H,1,6-11H2,2-4H3,(H,27,33)(H,28,32)(H3,26,29,35)/t13-,14-,15-,17-,23?/m0/s1. The van der Waals surface area contributed by atoms with E-state index in [0.29, 0.717) is 6.42 Å².